The Morgan fingerprint density at radius 3 is 2.74 bits per heavy atom. The maximum atomic E-state index is 3.82. The van der Waals surface area contributed by atoms with Crippen molar-refractivity contribution in [3.05, 3.63) is 65.7 Å². The van der Waals surface area contributed by atoms with Crippen LogP contribution in [0.5, 0.6) is 0 Å². The molecule has 1 saturated carbocycles. The van der Waals surface area contributed by atoms with E-state index in [4.69, 9.17) is 0 Å². The lowest BCUT2D eigenvalue weighted by Gasteiger charge is -2.44. The summed E-state index contributed by atoms with van der Waals surface area (Å²) in [6, 6.07) is 21.5. The van der Waals surface area contributed by atoms with Crippen molar-refractivity contribution < 1.29 is 0 Å². The molecule has 0 radical (unpaired) electrons. The molecule has 23 heavy (non-hydrogen) atoms. The normalized spacial score (nSPS) is 31.6. The molecule has 2 fully saturated rings. The highest BCUT2D eigenvalue weighted by Crippen LogP contribution is 2.56. The average molecular weight is 304 g/mol. The van der Waals surface area contributed by atoms with Gasteiger partial charge in [0.15, 0.2) is 0 Å². The van der Waals surface area contributed by atoms with Gasteiger partial charge in [-0.2, -0.15) is 0 Å². The van der Waals surface area contributed by atoms with E-state index in [1.807, 2.05) is 0 Å². The van der Waals surface area contributed by atoms with Gasteiger partial charge in [-0.1, -0.05) is 48.5 Å². The minimum Gasteiger partial charge on any atom is -0.363 e. The zero-order valence-corrected chi connectivity index (χ0v) is 13.5. The Hall–Kier alpha value is -1.80. The summed E-state index contributed by atoms with van der Waals surface area (Å²) in [4.78, 5) is 2.71. The van der Waals surface area contributed by atoms with Crippen LogP contribution in [-0.4, -0.2) is 18.6 Å². The number of benzene rings is 2. The summed E-state index contributed by atoms with van der Waals surface area (Å²) in [7, 11) is 0. The molecule has 0 bridgehead atoms. The Balaban J connectivity index is 1.62. The van der Waals surface area contributed by atoms with Crippen molar-refractivity contribution in [3.63, 3.8) is 0 Å². The second-order valence-electron chi connectivity index (χ2n) is 7.37. The van der Waals surface area contributed by atoms with Crippen molar-refractivity contribution in [2.75, 3.05) is 11.4 Å². The largest absolute Gasteiger partial charge is 0.363 e. The Kier molecular flexibility index (Phi) is 3.02. The van der Waals surface area contributed by atoms with Crippen LogP contribution in [0.15, 0.2) is 54.6 Å². The molecule has 1 spiro atoms. The van der Waals surface area contributed by atoms with Crippen molar-refractivity contribution in [2.45, 2.75) is 49.7 Å². The summed E-state index contributed by atoms with van der Waals surface area (Å²) in [6.07, 6.45) is 5.32. The molecule has 2 aliphatic heterocycles. The smallest absolute Gasteiger partial charge is 0.0433 e. The second-order valence-corrected chi connectivity index (χ2v) is 7.37. The minimum absolute atomic E-state index is 0.351. The summed E-state index contributed by atoms with van der Waals surface area (Å²) in [5.74, 6) is 0. The SMILES string of the molecule is c1ccc(CN2c3ccccc3[C@@]34CCN[C@H]3CCC[C@@H]24)cc1. The van der Waals surface area contributed by atoms with Gasteiger partial charge in [0.25, 0.3) is 0 Å². The van der Waals surface area contributed by atoms with E-state index in [1.165, 1.54) is 43.5 Å². The highest BCUT2D eigenvalue weighted by molar-refractivity contribution is 5.66. The molecule has 5 rings (SSSR count). The first kappa shape index (κ1) is 13.6. The number of para-hydroxylation sites is 1. The molecule has 1 saturated heterocycles. The van der Waals surface area contributed by atoms with Gasteiger partial charge in [0.1, 0.15) is 0 Å². The Morgan fingerprint density at radius 2 is 1.83 bits per heavy atom. The Labute approximate surface area is 138 Å². The zero-order valence-electron chi connectivity index (χ0n) is 13.5. The fourth-order valence-corrected chi connectivity index (χ4v) is 5.54. The van der Waals surface area contributed by atoms with Crippen LogP contribution in [0.2, 0.25) is 0 Å². The molecule has 2 aromatic carbocycles. The highest BCUT2D eigenvalue weighted by atomic mass is 15.2. The van der Waals surface area contributed by atoms with Crippen LogP contribution < -0.4 is 10.2 Å². The van der Waals surface area contributed by atoms with Crippen LogP contribution in [-0.2, 0) is 12.0 Å². The van der Waals surface area contributed by atoms with Gasteiger partial charge in [-0.05, 0) is 49.4 Å². The minimum atomic E-state index is 0.351. The molecule has 2 aromatic rings. The van der Waals surface area contributed by atoms with E-state index in [0.717, 1.165) is 6.54 Å². The summed E-state index contributed by atoms with van der Waals surface area (Å²) in [6.45, 7) is 2.21. The number of hydrogen-bond donors (Lipinski definition) is 1. The van der Waals surface area contributed by atoms with E-state index in [9.17, 15) is 0 Å². The predicted molar refractivity (Wildman–Crippen MR) is 94.8 cm³/mol. The van der Waals surface area contributed by atoms with Crippen LogP contribution in [0.25, 0.3) is 0 Å². The van der Waals surface area contributed by atoms with Crippen LogP contribution in [0.1, 0.15) is 36.8 Å². The van der Waals surface area contributed by atoms with Gasteiger partial charge in [0.05, 0.1) is 0 Å². The molecule has 2 heteroatoms. The first-order valence-electron chi connectivity index (χ1n) is 9.03. The Morgan fingerprint density at radius 1 is 1.00 bits per heavy atom. The topological polar surface area (TPSA) is 15.3 Å². The van der Waals surface area contributed by atoms with E-state index in [0.29, 0.717) is 17.5 Å². The van der Waals surface area contributed by atoms with E-state index >= 15 is 0 Å². The molecule has 1 N–H and O–H groups in total. The molecule has 2 heterocycles. The van der Waals surface area contributed by atoms with Gasteiger partial charge in [-0.15, -0.1) is 0 Å². The third-order valence-electron chi connectivity index (χ3n) is 6.40. The number of nitrogens with one attached hydrogen (secondary N) is 1. The monoisotopic (exact) mass is 304 g/mol. The predicted octanol–water partition coefficient (Wildman–Crippen LogP) is 3.86. The molecular formula is C21H24N2. The van der Waals surface area contributed by atoms with Gasteiger partial charge >= 0.3 is 0 Å². The first-order valence-corrected chi connectivity index (χ1v) is 9.03. The number of fused-ring (bicyclic) bond motifs is 1. The van der Waals surface area contributed by atoms with Gasteiger partial charge in [-0.25, -0.2) is 0 Å². The summed E-state index contributed by atoms with van der Waals surface area (Å²) in [5.41, 5.74) is 4.86. The standard InChI is InChI=1S/C21H24N2/c1-2-7-16(8-3-1)15-23-18-10-5-4-9-17(18)21-13-14-22-19(21)11-6-12-20(21)23/h1-5,7-10,19-20,22H,6,11-15H2/t19-,20+,21-/m0/s1. The quantitative estimate of drug-likeness (QED) is 0.906. The van der Waals surface area contributed by atoms with Gasteiger partial charge < -0.3 is 10.2 Å². The van der Waals surface area contributed by atoms with Gasteiger partial charge in [0.2, 0.25) is 0 Å². The van der Waals surface area contributed by atoms with E-state index < -0.39 is 0 Å². The zero-order chi connectivity index (χ0) is 15.3. The lowest BCUT2D eigenvalue weighted by atomic mass is 9.65. The lowest BCUT2D eigenvalue weighted by molar-refractivity contribution is 0.235. The van der Waals surface area contributed by atoms with E-state index in [1.54, 1.807) is 5.56 Å². The number of hydrogen-bond acceptors (Lipinski definition) is 2. The van der Waals surface area contributed by atoms with Crippen molar-refractivity contribution in [1.29, 1.82) is 0 Å². The number of rotatable bonds is 2. The van der Waals surface area contributed by atoms with Crippen LogP contribution in [0.4, 0.5) is 5.69 Å². The lowest BCUT2D eigenvalue weighted by Crippen LogP contribution is -2.54. The van der Waals surface area contributed by atoms with Gasteiger partial charge in [-0.3, -0.25) is 0 Å². The number of anilines is 1. The molecule has 1 aliphatic carbocycles. The third kappa shape index (κ3) is 1.85. The van der Waals surface area contributed by atoms with Crippen LogP contribution in [0.3, 0.4) is 0 Å². The average Bonchev–Trinajstić information content (AvgIpc) is 3.16. The fraction of sp³-hybridized carbons (Fsp3) is 0.429. The Bertz CT molecular complexity index is 711. The van der Waals surface area contributed by atoms with Crippen LogP contribution in [0, 0.1) is 0 Å². The van der Waals surface area contributed by atoms with Gasteiger partial charge in [0, 0.05) is 29.7 Å². The molecular weight excluding hydrogens is 280 g/mol. The number of nitrogens with zero attached hydrogens (tertiary/aromatic N) is 1. The van der Waals surface area contributed by atoms with Crippen LogP contribution >= 0.6 is 0 Å². The molecule has 3 aliphatic rings. The highest BCUT2D eigenvalue weighted by Gasteiger charge is 2.58. The molecule has 118 valence electrons. The van der Waals surface area contributed by atoms with Crippen molar-refractivity contribution in [2.24, 2.45) is 0 Å². The second kappa shape index (κ2) is 5.10. The van der Waals surface area contributed by atoms with E-state index in [-0.39, 0.29) is 0 Å². The first-order chi connectivity index (χ1) is 11.4. The molecule has 0 unspecified atom stereocenters. The maximum Gasteiger partial charge on any atom is 0.0433 e. The summed E-state index contributed by atoms with van der Waals surface area (Å²) < 4.78 is 0. The third-order valence-corrected chi connectivity index (χ3v) is 6.40. The molecule has 0 amide bonds. The maximum absolute atomic E-state index is 3.82. The molecule has 3 atom stereocenters. The molecule has 0 aromatic heterocycles. The fourth-order valence-electron chi connectivity index (χ4n) is 5.54. The summed E-state index contributed by atoms with van der Waals surface area (Å²) in [5, 5.41) is 3.82. The van der Waals surface area contributed by atoms with Crippen molar-refractivity contribution >= 4 is 5.69 Å². The van der Waals surface area contributed by atoms with E-state index in [2.05, 4.69) is 64.8 Å². The van der Waals surface area contributed by atoms with Crippen molar-refractivity contribution in [3.8, 4) is 0 Å². The molecule has 2 nitrogen and oxygen atoms in total. The summed E-state index contributed by atoms with van der Waals surface area (Å²) >= 11 is 0. The van der Waals surface area contributed by atoms with Crippen molar-refractivity contribution in [1.82, 2.24) is 5.32 Å².